The SMILES string of the molecule is [2H][C@@]1(O)c2ccccc2C(=O)C[C@@H]1O. The number of hydrogen-bond acceptors (Lipinski definition) is 3. The Morgan fingerprint density at radius 1 is 1.38 bits per heavy atom. The average molecular weight is 179 g/mol. The molecule has 1 aromatic rings. The number of hydrogen-bond donors (Lipinski definition) is 2. The number of carbonyl (C=O) groups excluding carboxylic acids is 1. The monoisotopic (exact) mass is 179 g/mol. The summed E-state index contributed by atoms with van der Waals surface area (Å²) in [6.45, 7) is 0. The average Bonchev–Trinajstić information content (AvgIpc) is 2.16. The van der Waals surface area contributed by atoms with Gasteiger partial charge in [0.25, 0.3) is 0 Å². The van der Waals surface area contributed by atoms with E-state index in [1.54, 1.807) is 18.2 Å². The lowest BCUT2D eigenvalue weighted by Gasteiger charge is -2.24. The second-order valence-electron chi connectivity index (χ2n) is 3.07. The van der Waals surface area contributed by atoms with Gasteiger partial charge in [0.1, 0.15) is 6.08 Å². The number of rotatable bonds is 0. The first-order valence-corrected chi connectivity index (χ1v) is 4.06. The molecule has 0 unspecified atom stereocenters. The highest BCUT2D eigenvalue weighted by Gasteiger charge is 2.30. The van der Waals surface area contributed by atoms with Crippen molar-refractivity contribution >= 4 is 5.78 Å². The van der Waals surface area contributed by atoms with Crippen molar-refractivity contribution in [1.29, 1.82) is 0 Å². The zero-order valence-corrected chi connectivity index (χ0v) is 6.90. The Balaban J connectivity index is 2.63. The molecule has 0 spiro atoms. The topological polar surface area (TPSA) is 57.5 Å². The number of carbonyl (C=O) groups is 1. The van der Waals surface area contributed by atoms with Gasteiger partial charge < -0.3 is 10.2 Å². The van der Waals surface area contributed by atoms with Gasteiger partial charge >= 0.3 is 0 Å². The first-order chi connectivity index (χ1) is 6.53. The first kappa shape index (κ1) is 7.24. The van der Waals surface area contributed by atoms with Crippen LogP contribution in [0.1, 0.15) is 29.8 Å². The number of fused-ring (bicyclic) bond motifs is 1. The molecule has 0 saturated carbocycles. The van der Waals surface area contributed by atoms with Crippen LogP contribution in [0, 0.1) is 0 Å². The van der Waals surface area contributed by atoms with Crippen molar-refractivity contribution < 1.29 is 16.4 Å². The summed E-state index contributed by atoms with van der Waals surface area (Å²) in [4.78, 5) is 11.4. The van der Waals surface area contributed by atoms with Crippen LogP contribution in [0.25, 0.3) is 0 Å². The van der Waals surface area contributed by atoms with E-state index in [1.807, 2.05) is 0 Å². The zero-order chi connectivity index (χ0) is 10.3. The highest BCUT2D eigenvalue weighted by molar-refractivity contribution is 5.99. The van der Waals surface area contributed by atoms with Crippen molar-refractivity contribution in [3.05, 3.63) is 35.4 Å². The fourth-order valence-electron chi connectivity index (χ4n) is 1.51. The van der Waals surface area contributed by atoms with Gasteiger partial charge in [-0.25, -0.2) is 0 Å². The van der Waals surface area contributed by atoms with Crippen LogP contribution in [0.2, 0.25) is 0 Å². The molecule has 1 aliphatic carbocycles. The van der Waals surface area contributed by atoms with Crippen molar-refractivity contribution in [3.63, 3.8) is 0 Å². The molecule has 3 nitrogen and oxygen atoms in total. The minimum Gasteiger partial charge on any atom is -0.390 e. The van der Waals surface area contributed by atoms with Crippen LogP contribution in [-0.4, -0.2) is 22.1 Å². The Labute approximate surface area is 77.0 Å². The van der Waals surface area contributed by atoms with E-state index < -0.39 is 12.2 Å². The van der Waals surface area contributed by atoms with Crippen molar-refractivity contribution in [2.45, 2.75) is 18.6 Å². The standard InChI is InChI=1S/C10H10O3/c11-8-5-9(12)10(13)7-4-2-1-3-6(7)8/h1-4,9-10,12-13H,5H2/t9-,10+/m0/s1/i10D. The third-order valence-corrected chi connectivity index (χ3v) is 2.20. The molecule has 1 aromatic carbocycles. The molecule has 0 saturated heterocycles. The third kappa shape index (κ3) is 1.26. The predicted octanol–water partition coefficient (Wildman–Crippen LogP) is 0.667. The highest BCUT2D eigenvalue weighted by Crippen LogP contribution is 2.29. The van der Waals surface area contributed by atoms with E-state index in [0.717, 1.165) is 0 Å². The van der Waals surface area contributed by atoms with E-state index in [-0.39, 0.29) is 17.8 Å². The summed E-state index contributed by atoms with van der Waals surface area (Å²) in [6.07, 6.45) is -3.61. The normalized spacial score (nSPS) is 33.8. The Morgan fingerprint density at radius 2 is 2.08 bits per heavy atom. The number of ketones is 1. The lowest BCUT2D eigenvalue weighted by atomic mass is 9.87. The molecule has 0 aliphatic heterocycles. The van der Waals surface area contributed by atoms with Crippen LogP contribution >= 0.6 is 0 Å². The van der Waals surface area contributed by atoms with Crippen molar-refractivity contribution in [1.82, 2.24) is 0 Å². The van der Waals surface area contributed by atoms with Crippen molar-refractivity contribution in [2.24, 2.45) is 0 Å². The van der Waals surface area contributed by atoms with E-state index >= 15 is 0 Å². The second kappa shape index (κ2) is 2.94. The minimum atomic E-state index is -2.06. The molecule has 2 rings (SSSR count). The Kier molecular flexibility index (Phi) is 1.64. The lowest BCUT2D eigenvalue weighted by molar-refractivity contribution is 0.00872. The third-order valence-electron chi connectivity index (χ3n) is 2.20. The van der Waals surface area contributed by atoms with E-state index in [2.05, 4.69) is 0 Å². The Morgan fingerprint density at radius 3 is 2.85 bits per heavy atom. The van der Waals surface area contributed by atoms with Gasteiger partial charge in [0.15, 0.2) is 5.78 Å². The summed E-state index contributed by atoms with van der Waals surface area (Å²) >= 11 is 0. The maximum atomic E-state index is 11.4. The number of benzene rings is 1. The Hall–Kier alpha value is -1.19. The van der Waals surface area contributed by atoms with Gasteiger partial charge in [0.05, 0.1) is 7.47 Å². The highest BCUT2D eigenvalue weighted by atomic mass is 16.3. The van der Waals surface area contributed by atoms with Crippen molar-refractivity contribution in [3.8, 4) is 0 Å². The summed E-state index contributed by atoms with van der Waals surface area (Å²) in [6, 6.07) is 6.35. The van der Waals surface area contributed by atoms with Crippen LogP contribution in [-0.2, 0) is 0 Å². The fraction of sp³-hybridized carbons (Fsp3) is 0.300. The van der Waals surface area contributed by atoms with Crippen molar-refractivity contribution in [2.75, 3.05) is 0 Å². The molecule has 0 aromatic heterocycles. The summed E-state index contributed by atoms with van der Waals surface area (Å²) in [7, 11) is 0. The molecule has 0 bridgehead atoms. The molecule has 0 amide bonds. The molecule has 13 heavy (non-hydrogen) atoms. The Bertz CT molecular complexity index is 387. The zero-order valence-electron chi connectivity index (χ0n) is 7.90. The fourth-order valence-corrected chi connectivity index (χ4v) is 1.51. The maximum Gasteiger partial charge on any atom is 0.165 e. The van der Waals surface area contributed by atoms with Gasteiger partial charge in [-0.15, -0.1) is 0 Å². The lowest BCUT2D eigenvalue weighted by Crippen LogP contribution is -2.28. The van der Waals surface area contributed by atoms with Crippen LogP contribution in [0.5, 0.6) is 0 Å². The summed E-state index contributed by atoms with van der Waals surface area (Å²) < 4.78 is 7.56. The molecular weight excluding hydrogens is 168 g/mol. The molecule has 2 atom stereocenters. The quantitative estimate of drug-likeness (QED) is 0.615. The second-order valence-corrected chi connectivity index (χ2v) is 3.07. The first-order valence-electron chi connectivity index (χ1n) is 4.56. The van der Waals surface area contributed by atoms with Gasteiger partial charge in [0, 0.05) is 12.0 Å². The molecule has 3 heteroatoms. The molecule has 0 heterocycles. The summed E-state index contributed by atoms with van der Waals surface area (Å²) in [5.74, 6) is -0.231. The maximum absolute atomic E-state index is 11.4. The van der Waals surface area contributed by atoms with Crippen LogP contribution < -0.4 is 0 Å². The smallest absolute Gasteiger partial charge is 0.165 e. The predicted molar refractivity (Wildman–Crippen MR) is 46.4 cm³/mol. The van der Waals surface area contributed by atoms with Gasteiger partial charge in [-0.1, -0.05) is 24.3 Å². The van der Waals surface area contributed by atoms with E-state index in [1.165, 1.54) is 6.07 Å². The van der Waals surface area contributed by atoms with Gasteiger partial charge in [-0.2, -0.15) is 0 Å². The van der Waals surface area contributed by atoms with Gasteiger partial charge in [-0.05, 0) is 5.56 Å². The molecule has 2 N–H and O–H groups in total. The number of aliphatic hydroxyl groups is 2. The van der Waals surface area contributed by atoms with Gasteiger partial charge in [0.2, 0.25) is 0 Å². The number of aliphatic hydroxyl groups excluding tert-OH is 1. The van der Waals surface area contributed by atoms with Crippen LogP contribution in [0.3, 0.4) is 0 Å². The summed E-state index contributed by atoms with van der Waals surface area (Å²) in [5.41, 5.74) is 0.513. The molecule has 68 valence electrons. The van der Waals surface area contributed by atoms with E-state index in [0.29, 0.717) is 5.56 Å². The molecule has 0 fully saturated rings. The molecule has 0 radical (unpaired) electrons. The number of Topliss-reactive ketones (excluding diaryl/α,β-unsaturated/α-hetero) is 1. The van der Waals surface area contributed by atoms with E-state index in [4.69, 9.17) is 1.37 Å². The minimum absolute atomic E-state index is 0.184. The van der Waals surface area contributed by atoms with E-state index in [9.17, 15) is 15.0 Å². The van der Waals surface area contributed by atoms with Crippen LogP contribution in [0.15, 0.2) is 24.3 Å². The van der Waals surface area contributed by atoms with Crippen LogP contribution in [0.4, 0.5) is 0 Å². The molecular formula is C10H10O3. The largest absolute Gasteiger partial charge is 0.390 e. The molecule has 1 aliphatic rings. The summed E-state index contributed by atoms with van der Waals surface area (Å²) in [5, 5.41) is 19.1. The van der Waals surface area contributed by atoms with Gasteiger partial charge in [-0.3, -0.25) is 4.79 Å².